The summed E-state index contributed by atoms with van der Waals surface area (Å²) in [6.07, 6.45) is 5.37. The molecular formula is C15H21BrN2O2. The van der Waals surface area contributed by atoms with Gasteiger partial charge < -0.3 is 15.4 Å². The zero-order chi connectivity index (χ0) is 14.2. The number of halogens is 1. The summed E-state index contributed by atoms with van der Waals surface area (Å²) in [5, 5.41) is 5.95. The van der Waals surface area contributed by atoms with E-state index < -0.39 is 0 Å². The molecule has 1 aromatic carbocycles. The van der Waals surface area contributed by atoms with Gasteiger partial charge in [-0.3, -0.25) is 4.79 Å². The van der Waals surface area contributed by atoms with Crippen LogP contribution in [0.25, 0.3) is 0 Å². The van der Waals surface area contributed by atoms with Crippen LogP contribution >= 0.6 is 15.9 Å². The quantitative estimate of drug-likeness (QED) is 0.750. The number of para-hydroxylation sites is 1. The van der Waals surface area contributed by atoms with Gasteiger partial charge in [0.05, 0.1) is 24.9 Å². The Labute approximate surface area is 128 Å². The van der Waals surface area contributed by atoms with E-state index in [4.69, 9.17) is 4.74 Å². The molecule has 1 aromatic rings. The molecule has 1 fully saturated rings. The Morgan fingerprint density at radius 2 is 2.05 bits per heavy atom. The largest absolute Gasteiger partial charge is 0.377 e. The third-order valence-corrected chi connectivity index (χ3v) is 4.06. The summed E-state index contributed by atoms with van der Waals surface area (Å²) in [7, 11) is 0. The van der Waals surface area contributed by atoms with Gasteiger partial charge in [-0.2, -0.15) is 0 Å². The van der Waals surface area contributed by atoms with Gasteiger partial charge in [-0.25, -0.2) is 0 Å². The third kappa shape index (κ3) is 5.23. The molecule has 2 rings (SSSR count). The van der Waals surface area contributed by atoms with Crippen molar-refractivity contribution in [2.75, 3.05) is 25.0 Å². The lowest BCUT2D eigenvalue weighted by Crippen LogP contribution is -2.31. The monoisotopic (exact) mass is 340 g/mol. The highest BCUT2D eigenvalue weighted by Gasteiger charge is 2.14. The molecule has 4 nitrogen and oxygen atoms in total. The van der Waals surface area contributed by atoms with Crippen molar-refractivity contribution < 1.29 is 9.53 Å². The molecule has 0 radical (unpaired) electrons. The smallest absolute Gasteiger partial charge is 0.238 e. The Hall–Kier alpha value is -0.910. The van der Waals surface area contributed by atoms with E-state index in [1.54, 1.807) is 0 Å². The Balaban J connectivity index is 1.57. The van der Waals surface area contributed by atoms with E-state index in [1.807, 2.05) is 24.3 Å². The summed E-state index contributed by atoms with van der Waals surface area (Å²) >= 11 is 3.40. The van der Waals surface area contributed by atoms with Gasteiger partial charge >= 0.3 is 0 Å². The minimum absolute atomic E-state index is 0.0437. The van der Waals surface area contributed by atoms with E-state index >= 15 is 0 Å². The number of ether oxygens (including phenoxy) is 1. The molecule has 1 aliphatic carbocycles. The number of carbonyl (C=O) groups is 1. The number of anilines is 1. The predicted octanol–water partition coefficient (Wildman–Crippen LogP) is 2.94. The summed E-state index contributed by atoms with van der Waals surface area (Å²) in [5.41, 5.74) is 0.793. The highest BCUT2D eigenvalue weighted by Crippen LogP contribution is 2.21. The summed E-state index contributed by atoms with van der Waals surface area (Å²) in [6, 6.07) is 7.57. The molecule has 0 atom stereocenters. The molecule has 0 spiro atoms. The van der Waals surface area contributed by atoms with Crippen molar-refractivity contribution in [1.29, 1.82) is 0 Å². The van der Waals surface area contributed by atoms with Crippen LogP contribution in [0.5, 0.6) is 0 Å². The van der Waals surface area contributed by atoms with Crippen LogP contribution in [0.15, 0.2) is 28.7 Å². The normalized spacial score (nSPS) is 15.4. The van der Waals surface area contributed by atoms with Crippen LogP contribution in [-0.2, 0) is 9.53 Å². The molecule has 0 heterocycles. The first-order valence-corrected chi connectivity index (χ1v) is 7.91. The molecule has 0 saturated heterocycles. The Morgan fingerprint density at radius 1 is 1.30 bits per heavy atom. The number of benzene rings is 1. The maximum atomic E-state index is 11.7. The summed E-state index contributed by atoms with van der Waals surface area (Å²) in [4.78, 5) is 11.7. The summed E-state index contributed by atoms with van der Waals surface area (Å²) in [6.45, 7) is 1.68. The average Bonchev–Trinajstić information content (AvgIpc) is 2.94. The number of carbonyl (C=O) groups excluding carboxylic acids is 1. The zero-order valence-corrected chi connectivity index (χ0v) is 13.1. The van der Waals surface area contributed by atoms with Gasteiger partial charge in [0.2, 0.25) is 5.91 Å². The van der Waals surface area contributed by atoms with Crippen LogP contribution in [0, 0.1) is 0 Å². The molecule has 0 aliphatic heterocycles. The minimum atomic E-state index is -0.0437. The first kappa shape index (κ1) is 15.5. The number of nitrogens with one attached hydrogen (secondary N) is 2. The molecule has 20 heavy (non-hydrogen) atoms. The number of rotatable bonds is 7. The molecule has 0 bridgehead atoms. The van der Waals surface area contributed by atoms with Crippen molar-refractivity contribution in [3.8, 4) is 0 Å². The number of hydrogen-bond acceptors (Lipinski definition) is 3. The van der Waals surface area contributed by atoms with E-state index in [2.05, 4.69) is 26.6 Å². The van der Waals surface area contributed by atoms with Crippen LogP contribution in [0.2, 0.25) is 0 Å². The van der Waals surface area contributed by atoms with Gasteiger partial charge in [-0.1, -0.05) is 25.0 Å². The molecule has 2 N–H and O–H groups in total. The standard InChI is InChI=1S/C15H21BrN2O2/c16-13-7-3-4-8-14(13)18-15(19)11-17-9-10-20-12-5-1-2-6-12/h3-4,7-8,12,17H,1-2,5-6,9-11H2,(H,18,19). The van der Waals surface area contributed by atoms with E-state index in [1.165, 1.54) is 25.7 Å². The molecule has 110 valence electrons. The van der Waals surface area contributed by atoms with Gasteiger partial charge in [0.1, 0.15) is 0 Å². The van der Waals surface area contributed by atoms with Crippen LogP contribution in [0.4, 0.5) is 5.69 Å². The van der Waals surface area contributed by atoms with Gasteiger partial charge in [0.25, 0.3) is 0 Å². The molecule has 1 amide bonds. The highest BCUT2D eigenvalue weighted by atomic mass is 79.9. The van der Waals surface area contributed by atoms with Gasteiger partial charge in [0.15, 0.2) is 0 Å². The molecule has 1 saturated carbocycles. The van der Waals surface area contributed by atoms with Crippen LogP contribution < -0.4 is 10.6 Å². The number of hydrogen-bond donors (Lipinski definition) is 2. The van der Waals surface area contributed by atoms with Crippen LogP contribution in [-0.4, -0.2) is 31.7 Å². The van der Waals surface area contributed by atoms with Crippen molar-refractivity contribution in [3.05, 3.63) is 28.7 Å². The second-order valence-electron chi connectivity index (χ2n) is 4.98. The zero-order valence-electron chi connectivity index (χ0n) is 11.5. The first-order valence-electron chi connectivity index (χ1n) is 7.12. The lowest BCUT2D eigenvalue weighted by atomic mass is 10.3. The maximum Gasteiger partial charge on any atom is 0.238 e. The lowest BCUT2D eigenvalue weighted by Gasteiger charge is -2.11. The van der Waals surface area contributed by atoms with E-state index in [-0.39, 0.29) is 5.91 Å². The molecular weight excluding hydrogens is 320 g/mol. The second-order valence-corrected chi connectivity index (χ2v) is 5.84. The topological polar surface area (TPSA) is 50.4 Å². The summed E-state index contributed by atoms with van der Waals surface area (Å²) in [5.74, 6) is -0.0437. The maximum absolute atomic E-state index is 11.7. The van der Waals surface area contributed by atoms with Gasteiger partial charge in [-0.15, -0.1) is 0 Å². The van der Waals surface area contributed by atoms with E-state index in [0.717, 1.165) is 10.2 Å². The molecule has 5 heteroatoms. The second kappa shape index (κ2) is 8.39. The molecule has 0 unspecified atom stereocenters. The Kier molecular flexibility index (Phi) is 6.50. The fourth-order valence-electron chi connectivity index (χ4n) is 2.31. The Morgan fingerprint density at radius 3 is 2.80 bits per heavy atom. The third-order valence-electron chi connectivity index (χ3n) is 3.37. The van der Waals surface area contributed by atoms with Crippen molar-refractivity contribution in [3.63, 3.8) is 0 Å². The fraction of sp³-hybridized carbons (Fsp3) is 0.533. The van der Waals surface area contributed by atoms with Crippen molar-refractivity contribution in [2.24, 2.45) is 0 Å². The lowest BCUT2D eigenvalue weighted by molar-refractivity contribution is -0.115. The highest BCUT2D eigenvalue weighted by molar-refractivity contribution is 9.10. The fourth-order valence-corrected chi connectivity index (χ4v) is 2.70. The van der Waals surface area contributed by atoms with E-state index in [0.29, 0.717) is 25.8 Å². The van der Waals surface area contributed by atoms with Gasteiger partial charge in [-0.05, 0) is 40.9 Å². The van der Waals surface area contributed by atoms with Crippen LogP contribution in [0.1, 0.15) is 25.7 Å². The van der Waals surface area contributed by atoms with Crippen LogP contribution in [0.3, 0.4) is 0 Å². The van der Waals surface area contributed by atoms with Crippen molar-refractivity contribution >= 4 is 27.5 Å². The average molecular weight is 341 g/mol. The van der Waals surface area contributed by atoms with E-state index in [9.17, 15) is 4.79 Å². The number of amides is 1. The Bertz CT molecular complexity index is 434. The molecule has 1 aliphatic rings. The van der Waals surface area contributed by atoms with Crippen molar-refractivity contribution in [2.45, 2.75) is 31.8 Å². The predicted molar refractivity (Wildman–Crippen MR) is 83.8 cm³/mol. The minimum Gasteiger partial charge on any atom is -0.377 e. The van der Waals surface area contributed by atoms with Gasteiger partial charge in [0, 0.05) is 11.0 Å². The first-order chi connectivity index (χ1) is 9.75. The van der Waals surface area contributed by atoms with Crippen molar-refractivity contribution in [1.82, 2.24) is 5.32 Å². The molecule has 0 aromatic heterocycles. The summed E-state index contributed by atoms with van der Waals surface area (Å²) < 4.78 is 6.61. The SMILES string of the molecule is O=C(CNCCOC1CCCC1)Nc1ccccc1Br.